The number of hydrogen-bond donors (Lipinski definition) is 2. The van der Waals surface area contributed by atoms with Gasteiger partial charge in [-0.3, -0.25) is 9.59 Å². The lowest BCUT2D eigenvalue weighted by Crippen LogP contribution is -2.56. The van der Waals surface area contributed by atoms with Crippen LogP contribution in [0, 0.1) is 5.92 Å². The second-order valence-electron chi connectivity index (χ2n) is 6.12. The molecule has 0 bridgehead atoms. The van der Waals surface area contributed by atoms with Crippen molar-refractivity contribution < 1.29 is 9.59 Å². The Balaban J connectivity index is 1.78. The number of nitrogens with one attached hydrogen (secondary N) is 1. The van der Waals surface area contributed by atoms with Gasteiger partial charge in [-0.25, -0.2) is 0 Å². The zero-order chi connectivity index (χ0) is 14.0. The highest BCUT2D eigenvalue weighted by Gasteiger charge is 2.35. The molecule has 0 aromatic carbocycles. The second-order valence-corrected chi connectivity index (χ2v) is 6.12. The highest BCUT2D eigenvalue weighted by molar-refractivity contribution is 5.85. The van der Waals surface area contributed by atoms with Crippen molar-refractivity contribution in [3.05, 3.63) is 0 Å². The standard InChI is InChI=1S/C14H25N3O2/c1-3-14(2,15)13(19)17-8-6-11(7-9-17)16-12(18)10-4-5-10/h10-11H,3-9,15H2,1-2H3,(H,16,18). The van der Waals surface area contributed by atoms with Gasteiger partial charge in [-0.15, -0.1) is 0 Å². The Bertz CT molecular complexity index is 356. The molecular weight excluding hydrogens is 242 g/mol. The SMILES string of the molecule is CCC(C)(N)C(=O)N1CCC(NC(=O)C2CC2)CC1. The molecule has 2 amide bonds. The van der Waals surface area contributed by atoms with E-state index in [4.69, 9.17) is 5.73 Å². The summed E-state index contributed by atoms with van der Waals surface area (Å²) in [6, 6.07) is 0.225. The van der Waals surface area contributed by atoms with Gasteiger partial charge < -0.3 is 16.0 Å². The Labute approximate surface area is 114 Å². The summed E-state index contributed by atoms with van der Waals surface area (Å²) in [5.74, 6) is 0.482. The van der Waals surface area contributed by atoms with Gasteiger partial charge in [0, 0.05) is 25.0 Å². The van der Waals surface area contributed by atoms with Crippen LogP contribution < -0.4 is 11.1 Å². The van der Waals surface area contributed by atoms with Gasteiger partial charge >= 0.3 is 0 Å². The average Bonchev–Trinajstić information content (AvgIpc) is 3.23. The topological polar surface area (TPSA) is 75.4 Å². The average molecular weight is 267 g/mol. The van der Waals surface area contributed by atoms with Gasteiger partial charge in [0.05, 0.1) is 5.54 Å². The van der Waals surface area contributed by atoms with Gasteiger partial charge in [0.25, 0.3) is 0 Å². The summed E-state index contributed by atoms with van der Waals surface area (Å²) >= 11 is 0. The first-order valence-electron chi connectivity index (χ1n) is 7.32. The maximum atomic E-state index is 12.2. The van der Waals surface area contributed by atoms with Crippen LogP contribution in [-0.2, 0) is 9.59 Å². The van der Waals surface area contributed by atoms with Crippen molar-refractivity contribution in [3.8, 4) is 0 Å². The van der Waals surface area contributed by atoms with Crippen LogP contribution in [0.5, 0.6) is 0 Å². The lowest BCUT2D eigenvalue weighted by Gasteiger charge is -2.36. The van der Waals surface area contributed by atoms with E-state index < -0.39 is 5.54 Å². The summed E-state index contributed by atoms with van der Waals surface area (Å²) < 4.78 is 0. The fraction of sp³-hybridized carbons (Fsp3) is 0.857. The van der Waals surface area contributed by atoms with E-state index in [9.17, 15) is 9.59 Å². The molecule has 1 aliphatic carbocycles. The Kier molecular flexibility index (Phi) is 4.13. The Morgan fingerprint density at radius 3 is 2.32 bits per heavy atom. The van der Waals surface area contributed by atoms with E-state index in [1.54, 1.807) is 6.92 Å². The van der Waals surface area contributed by atoms with E-state index in [0.29, 0.717) is 19.5 Å². The predicted octanol–water partition coefficient (Wildman–Crippen LogP) is 0.631. The highest BCUT2D eigenvalue weighted by atomic mass is 16.2. The number of piperidine rings is 1. The smallest absolute Gasteiger partial charge is 0.242 e. The molecule has 1 saturated heterocycles. The van der Waals surface area contributed by atoms with Gasteiger partial charge in [0.15, 0.2) is 0 Å². The van der Waals surface area contributed by atoms with E-state index in [1.165, 1.54) is 0 Å². The minimum Gasteiger partial charge on any atom is -0.353 e. The molecule has 1 unspecified atom stereocenters. The molecule has 1 saturated carbocycles. The van der Waals surface area contributed by atoms with Crippen molar-refractivity contribution in [1.29, 1.82) is 0 Å². The van der Waals surface area contributed by atoms with Gasteiger partial charge in [-0.1, -0.05) is 6.92 Å². The zero-order valence-corrected chi connectivity index (χ0v) is 11.9. The quantitative estimate of drug-likeness (QED) is 0.784. The molecule has 0 radical (unpaired) electrons. The molecule has 3 N–H and O–H groups in total. The van der Waals surface area contributed by atoms with Crippen molar-refractivity contribution in [2.45, 2.75) is 57.5 Å². The van der Waals surface area contributed by atoms with E-state index in [1.807, 2.05) is 11.8 Å². The number of likely N-dealkylation sites (tertiary alicyclic amines) is 1. The number of carbonyl (C=O) groups is 2. The van der Waals surface area contributed by atoms with Crippen LogP contribution in [0.4, 0.5) is 0 Å². The van der Waals surface area contributed by atoms with Crippen LogP contribution in [0.15, 0.2) is 0 Å². The van der Waals surface area contributed by atoms with Crippen LogP contribution in [0.1, 0.15) is 46.0 Å². The van der Waals surface area contributed by atoms with Gasteiger partial charge in [0.1, 0.15) is 0 Å². The summed E-state index contributed by atoms with van der Waals surface area (Å²) in [5, 5.41) is 3.08. The van der Waals surface area contributed by atoms with Crippen molar-refractivity contribution >= 4 is 11.8 Å². The van der Waals surface area contributed by atoms with Gasteiger partial charge in [-0.2, -0.15) is 0 Å². The molecule has 2 aliphatic rings. The number of hydrogen-bond acceptors (Lipinski definition) is 3. The van der Waals surface area contributed by atoms with E-state index in [0.717, 1.165) is 25.7 Å². The Morgan fingerprint density at radius 2 is 1.84 bits per heavy atom. The van der Waals surface area contributed by atoms with Gasteiger partial charge in [0.2, 0.25) is 11.8 Å². The number of nitrogens with two attached hydrogens (primary N) is 1. The van der Waals surface area contributed by atoms with Crippen molar-refractivity contribution in [3.63, 3.8) is 0 Å². The first-order chi connectivity index (χ1) is 8.94. The van der Waals surface area contributed by atoms with E-state index in [2.05, 4.69) is 5.32 Å². The number of amides is 2. The van der Waals surface area contributed by atoms with Gasteiger partial charge in [-0.05, 0) is 39.0 Å². The van der Waals surface area contributed by atoms with Crippen LogP contribution in [0.2, 0.25) is 0 Å². The van der Waals surface area contributed by atoms with E-state index in [-0.39, 0.29) is 23.8 Å². The largest absolute Gasteiger partial charge is 0.353 e. The summed E-state index contributed by atoms with van der Waals surface area (Å²) in [6.07, 6.45) is 4.38. The third-order valence-electron chi connectivity index (χ3n) is 4.30. The van der Waals surface area contributed by atoms with Crippen LogP contribution in [0.3, 0.4) is 0 Å². The fourth-order valence-electron chi connectivity index (χ4n) is 2.40. The molecule has 0 spiro atoms. The zero-order valence-electron chi connectivity index (χ0n) is 11.9. The number of nitrogens with zero attached hydrogens (tertiary/aromatic N) is 1. The summed E-state index contributed by atoms with van der Waals surface area (Å²) in [7, 11) is 0. The molecule has 0 aromatic heterocycles. The molecule has 5 nitrogen and oxygen atoms in total. The summed E-state index contributed by atoms with van der Waals surface area (Å²) in [4.78, 5) is 25.7. The summed E-state index contributed by atoms with van der Waals surface area (Å²) in [5.41, 5.74) is 5.23. The highest BCUT2D eigenvalue weighted by Crippen LogP contribution is 2.29. The first-order valence-corrected chi connectivity index (χ1v) is 7.32. The number of carbonyl (C=O) groups excluding carboxylic acids is 2. The Morgan fingerprint density at radius 1 is 1.26 bits per heavy atom. The minimum absolute atomic E-state index is 0.0296. The molecule has 0 aromatic rings. The summed E-state index contributed by atoms with van der Waals surface area (Å²) in [6.45, 7) is 5.11. The molecule has 1 aliphatic heterocycles. The molecular formula is C14H25N3O2. The molecule has 108 valence electrons. The minimum atomic E-state index is -0.760. The second kappa shape index (κ2) is 5.49. The fourth-order valence-corrected chi connectivity index (χ4v) is 2.40. The molecule has 5 heteroatoms. The molecule has 2 rings (SSSR count). The van der Waals surface area contributed by atoms with E-state index >= 15 is 0 Å². The molecule has 1 heterocycles. The van der Waals surface area contributed by atoms with Crippen molar-refractivity contribution in [2.24, 2.45) is 11.7 Å². The third-order valence-corrected chi connectivity index (χ3v) is 4.30. The monoisotopic (exact) mass is 267 g/mol. The van der Waals surface area contributed by atoms with Crippen LogP contribution in [-0.4, -0.2) is 41.4 Å². The third kappa shape index (κ3) is 3.47. The predicted molar refractivity (Wildman–Crippen MR) is 73.4 cm³/mol. The first kappa shape index (κ1) is 14.3. The molecule has 1 atom stereocenters. The molecule has 19 heavy (non-hydrogen) atoms. The lowest BCUT2D eigenvalue weighted by atomic mass is 9.96. The van der Waals surface area contributed by atoms with Crippen molar-refractivity contribution in [2.75, 3.05) is 13.1 Å². The lowest BCUT2D eigenvalue weighted by molar-refractivity contribution is -0.137. The van der Waals surface area contributed by atoms with Crippen LogP contribution in [0.25, 0.3) is 0 Å². The van der Waals surface area contributed by atoms with Crippen molar-refractivity contribution in [1.82, 2.24) is 10.2 Å². The maximum Gasteiger partial charge on any atom is 0.242 e. The maximum absolute atomic E-state index is 12.2. The normalized spacial score (nSPS) is 23.8. The molecule has 2 fully saturated rings. The Hall–Kier alpha value is -1.10. The van der Waals surface area contributed by atoms with Crippen LogP contribution >= 0.6 is 0 Å². The number of rotatable bonds is 4.